The molecule has 2 atom stereocenters. The predicted molar refractivity (Wildman–Crippen MR) is 78.2 cm³/mol. The first-order chi connectivity index (χ1) is 9.43. The van der Waals surface area contributed by atoms with Crippen LogP contribution in [0.1, 0.15) is 32.4 Å². The third-order valence-electron chi connectivity index (χ3n) is 2.77. The summed E-state index contributed by atoms with van der Waals surface area (Å²) in [7, 11) is 1.57. The van der Waals surface area contributed by atoms with E-state index < -0.39 is 6.10 Å². The van der Waals surface area contributed by atoms with Gasteiger partial charge in [-0.15, -0.1) is 0 Å². The van der Waals surface area contributed by atoms with Crippen molar-refractivity contribution in [3.8, 4) is 11.5 Å². The lowest BCUT2D eigenvalue weighted by Crippen LogP contribution is -2.25. The van der Waals surface area contributed by atoms with Crippen LogP contribution >= 0.6 is 0 Å². The van der Waals surface area contributed by atoms with Crippen LogP contribution in [-0.4, -0.2) is 37.6 Å². The molecule has 114 valence electrons. The molecule has 1 aromatic rings. The maximum absolute atomic E-state index is 9.75. The minimum atomic E-state index is -0.671. The average Bonchev–Trinajstić information content (AvgIpc) is 2.42. The number of hydrogen-bond acceptors (Lipinski definition) is 5. The minimum Gasteiger partial charge on any atom is -0.493 e. The number of rotatable bonds is 8. The van der Waals surface area contributed by atoms with Gasteiger partial charge in [-0.25, -0.2) is 0 Å². The molecule has 5 nitrogen and oxygen atoms in total. The molecule has 0 aliphatic rings. The first-order valence-corrected chi connectivity index (χ1v) is 6.80. The molecule has 0 bridgehead atoms. The van der Waals surface area contributed by atoms with Crippen molar-refractivity contribution in [1.82, 2.24) is 0 Å². The van der Waals surface area contributed by atoms with Crippen molar-refractivity contribution in [1.29, 1.82) is 0 Å². The van der Waals surface area contributed by atoms with Crippen molar-refractivity contribution < 1.29 is 19.3 Å². The van der Waals surface area contributed by atoms with E-state index in [1.807, 2.05) is 32.9 Å². The van der Waals surface area contributed by atoms with Crippen molar-refractivity contribution in [2.24, 2.45) is 5.73 Å². The molecule has 0 saturated heterocycles. The Morgan fingerprint density at radius 2 is 1.85 bits per heavy atom. The molecule has 1 rings (SSSR count). The van der Waals surface area contributed by atoms with E-state index in [9.17, 15) is 5.11 Å². The maximum atomic E-state index is 9.75. The van der Waals surface area contributed by atoms with Crippen molar-refractivity contribution in [3.05, 3.63) is 23.8 Å². The van der Waals surface area contributed by atoms with Crippen LogP contribution in [0.4, 0.5) is 0 Å². The Bertz CT molecular complexity index is 407. The van der Waals surface area contributed by atoms with Gasteiger partial charge in [-0.2, -0.15) is 0 Å². The Balaban J connectivity index is 2.59. The Kier molecular flexibility index (Phi) is 6.78. The standard InChI is InChI=1S/C15H25NO4/c1-10(2)19-8-13(17)9-20-14-6-5-12(11(3)16)7-15(14)18-4/h5-7,10-11,13,17H,8-9,16H2,1-4H3/t11-,13?/m1/s1. The fourth-order valence-electron chi connectivity index (χ4n) is 1.62. The number of ether oxygens (including phenoxy) is 3. The van der Waals surface area contributed by atoms with Gasteiger partial charge in [0.05, 0.1) is 19.8 Å². The summed E-state index contributed by atoms with van der Waals surface area (Å²) in [6.07, 6.45) is -0.584. The Morgan fingerprint density at radius 3 is 2.40 bits per heavy atom. The molecule has 1 unspecified atom stereocenters. The van der Waals surface area contributed by atoms with E-state index in [0.29, 0.717) is 11.5 Å². The molecule has 1 aromatic carbocycles. The third kappa shape index (κ3) is 5.36. The van der Waals surface area contributed by atoms with Crippen molar-refractivity contribution in [2.45, 2.75) is 39.0 Å². The Labute approximate surface area is 120 Å². The Hall–Kier alpha value is -1.30. The van der Waals surface area contributed by atoms with Gasteiger partial charge < -0.3 is 25.1 Å². The molecular formula is C15H25NO4. The molecule has 0 aliphatic heterocycles. The van der Waals surface area contributed by atoms with E-state index >= 15 is 0 Å². The maximum Gasteiger partial charge on any atom is 0.161 e. The number of aliphatic hydroxyl groups excluding tert-OH is 1. The molecule has 0 heterocycles. The highest BCUT2D eigenvalue weighted by Crippen LogP contribution is 2.29. The van der Waals surface area contributed by atoms with Gasteiger partial charge >= 0.3 is 0 Å². The van der Waals surface area contributed by atoms with E-state index in [1.54, 1.807) is 13.2 Å². The van der Waals surface area contributed by atoms with E-state index in [0.717, 1.165) is 5.56 Å². The lowest BCUT2D eigenvalue weighted by molar-refractivity contribution is -0.0125. The number of aliphatic hydroxyl groups is 1. The highest BCUT2D eigenvalue weighted by molar-refractivity contribution is 5.43. The summed E-state index contributed by atoms with van der Waals surface area (Å²) >= 11 is 0. The van der Waals surface area contributed by atoms with Crippen LogP contribution in [-0.2, 0) is 4.74 Å². The van der Waals surface area contributed by atoms with Crippen molar-refractivity contribution in [2.75, 3.05) is 20.3 Å². The van der Waals surface area contributed by atoms with Crippen LogP contribution in [0.25, 0.3) is 0 Å². The lowest BCUT2D eigenvalue weighted by Gasteiger charge is -2.17. The molecule has 0 spiro atoms. The second-order valence-corrected chi connectivity index (χ2v) is 5.05. The summed E-state index contributed by atoms with van der Waals surface area (Å²) in [6.45, 7) is 6.15. The quantitative estimate of drug-likeness (QED) is 0.762. The molecule has 0 saturated carbocycles. The molecule has 0 fully saturated rings. The van der Waals surface area contributed by atoms with Gasteiger partial charge in [0, 0.05) is 6.04 Å². The SMILES string of the molecule is COc1cc([C@@H](C)N)ccc1OCC(O)COC(C)C. The zero-order valence-corrected chi connectivity index (χ0v) is 12.6. The van der Waals surface area contributed by atoms with Crippen molar-refractivity contribution >= 4 is 0 Å². The Morgan fingerprint density at radius 1 is 1.15 bits per heavy atom. The fraction of sp³-hybridized carbons (Fsp3) is 0.600. The molecular weight excluding hydrogens is 258 g/mol. The first-order valence-electron chi connectivity index (χ1n) is 6.80. The summed E-state index contributed by atoms with van der Waals surface area (Å²) in [5.41, 5.74) is 6.79. The summed E-state index contributed by atoms with van der Waals surface area (Å²) in [5, 5.41) is 9.75. The molecule has 0 aliphatic carbocycles. The third-order valence-corrected chi connectivity index (χ3v) is 2.77. The van der Waals surface area contributed by atoms with Crippen molar-refractivity contribution in [3.63, 3.8) is 0 Å². The molecule has 5 heteroatoms. The van der Waals surface area contributed by atoms with E-state index in [4.69, 9.17) is 19.9 Å². The highest BCUT2D eigenvalue weighted by atomic mass is 16.5. The first kappa shape index (κ1) is 16.8. The zero-order chi connectivity index (χ0) is 15.1. The van der Waals surface area contributed by atoms with E-state index in [2.05, 4.69) is 0 Å². The topological polar surface area (TPSA) is 73.9 Å². The number of benzene rings is 1. The number of nitrogens with two attached hydrogens (primary N) is 1. The van der Waals surface area contributed by atoms with Gasteiger partial charge in [0.2, 0.25) is 0 Å². The molecule has 3 N–H and O–H groups in total. The molecule has 20 heavy (non-hydrogen) atoms. The van der Waals surface area contributed by atoms with E-state index in [1.165, 1.54) is 0 Å². The molecule has 0 amide bonds. The van der Waals surface area contributed by atoms with Crippen LogP contribution in [0.5, 0.6) is 11.5 Å². The highest BCUT2D eigenvalue weighted by Gasteiger charge is 2.11. The summed E-state index contributed by atoms with van der Waals surface area (Å²) < 4.78 is 16.2. The van der Waals surface area contributed by atoms with Gasteiger partial charge in [-0.3, -0.25) is 0 Å². The summed E-state index contributed by atoms with van der Waals surface area (Å²) in [6, 6.07) is 5.47. The largest absolute Gasteiger partial charge is 0.493 e. The fourth-order valence-corrected chi connectivity index (χ4v) is 1.62. The van der Waals surface area contributed by atoms with Crippen LogP contribution < -0.4 is 15.2 Å². The monoisotopic (exact) mass is 283 g/mol. The van der Waals surface area contributed by atoms with Gasteiger partial charge in [0.1, 0.15) is 12.7 Å². The van der Waals surface area contributed by atoms with Crippen LogP contribution in [0, 0.1) is 0 Å². The summed E-state index contributed by atoms with van der Waals surface area (Å²) in [4.78, 5) is 0. The van der Waals surface area contributed by atoms with Crippen LogP contribution in [0.2, 0.25) is 0 Å². The van der Waals surface area contributed by atoms with Gasteiger partial charge in [-0.05, 0) is 38.5 Å². The van der Waals surface area contributed by atoms with Gasteiger partial charge in [-0.1, -0.05) is 6.07 Å². The predicted octanol–water partition coefficient (Wildman–Crippen LogP) is 1.88. The van der Waals surface area contributed by atoms with Gasteiger partial charge in [0.15, 0.2) is 11.5 Å². The number of hydrogen-bond donors (Lipinski definition) is 2. The molecule has 0 radical (unpaired) electrons. The smallest absolute Gasteiger partial charge is 0.161 e. The van der Waals surface area contributed by atoms with Gasteiger partial charge in [0.25, 0.3) is 0 Å². The average molecular weight is 283 g/mol. The normalized spacial score (nSPS) is 14.2. The second-order valence-electron chi connectivity index (χ2n) is 5.05. The minimum absolute atomic E-state index is 0.0667. The van der Waals surface area contributed by atoms with Crippen LogP contribution in [0.15, 0.2) is 18.2 Å². The number of methoxy groups -OCH3 is 1. The lowest BCUT2D eigenvalue weighted by atomic mass is 10.1. The van der Waals surface area contributed by atoms with Crippen LogP contribution in [0.3, 0.4) is 0 Å². The summed E-state index contributed by atoms with van der Waals surface area (Å²) in [5.74, 6) is 1.19. The zero-order valence-electron chi connectivity index (χ0n) is 12.6. The molecule has 0 aromatic heterocycles. The van der Waals surface area contributed by atoms with E-state index in [-0.39, 0.29) is 25.4 Å². The second kappa shape index (κ2) is 8.09.